The summed E-state index contributed by atoms with van der Waals surface area (Å²) in [4.78, 5) is 36.5. The van der Waals surface area contributed by atoms with Crippen molar-refractivity contribution in [1.29, 1.82) is 0 Å². The smallest absolute Gasteiger partial charge is 0.340 e. The SMILES string of the molecule is Cc1ccc(NC(=O)COC(=O)c2ccccc2NC(=O)Cn2cnnn2)cc1F. The summed E-state index contributed by atoms with van der Waals surface area (Å²) >= 11 is 0. The molecule has 30 heavy (non-hydrogen) atoms. The Morgan fingerprint density at radius 2 is 1.90 bits per heavy atom. The molecule has 0 bridgehead atoms. The molecule has 2 aromatic carbocycles. The second-order valence-corrected chi connectivity index (χ2v) is 6.19. The number of ether oxygens (including phenoxy) is 1. The van der Waals surface area contributed by atoms with Crippen LogP contribution in [0.4, 0.5) is 15.8 Å². The van der Waals surface area contributed by atoms with Gasteiger partial charge in [-0.25, -0.2) is 13.9 Å². The highest BCUT2D eigenvalue weighted by molar-refractivity contribution is 6.02. The number of hydrogen-bond donors (Lipinski definition) is 2. The predicted molar refractivity (Wildman–Crippen MR) is 103 cm³/mol. The van der Waals surface area contributed by atoms with Gasteiger partial charge in [0.05, 0.1) is 11.3 Å². The molecule has 3 aromatic rings. The zero-order valence-electron chi connectivity index (χ0n) is 15.8. The number of hydrogen-bond acceptors (Lipinski definition) is 7. The lowest BCUT2D eigenvalue weighted by molar-refractivity contribution is -0.119. The Morgan fingerprint density at radius 3 is 2.63 bits per heavy atom. The van der Waals surface area contributed by atoms with Crippen molar-refractivity contribution in [3.05, 3.63) is 65.7 Å². The number of halogens is 1. The van der Waals surface area contributed by atoms with Gasteiger partial charge < -0.3 is 15.4 Å². The van der Waals surface area contributed by atoms with Gasteiger partial charge in [0.15, 0.2) is 6.61 Å². The summed E-state index contributed by atoms with van der Waals surface area (Å²) < 4.78 is 19.8. The maximum absolute atomic E-state index is 13.5. The molecule has 0 aliphatic rings. The Bertz CT molecular complexity index is 1070. The number of tetrazole rings is 1. The van der Waals surface area contributed by atoms with Crippen molar-refractivity contribution < 1.29 is 23.5 Å². The predicted octanol–water partition coefficient (Wildman–Crippen LogP) is 1.55. The summed E-state index contributed by atoms with van der Waals surface area (Å²) in [5, 5.41) is 15.5. The molecular weight excluding hydrogens is 395 g/mol. The Labute approximate surface area is 170 Å². The highest BCUT2D eigenvalue weighted by Gasteiger charge is 2.16. The fraction of sp³-hybridized carbons (Fsp3) is 0.158. The number of carbonyl (C=O) groups is 3. The monoisotopic (exact) mass is 412 g/mol. The fourth-order valence-corrected chi connectivity index (χ4v) is 2.44. The molecule has 3 rings (SSSR count). The van der Waals surface area contributed by atoms with Crippen LogP contribution < -0.4 is 10.6 Å². The van der Waals surface area contributed by atoms with E-state index in [9.17, 15) is 18.8 Å². The van der Waals surface area contributed by atoms with E-state index in [1.807, 2.05) is 0 Å². The van der Waals surface area contributed by atoms with Crippen LogP contribution in [0.1, 0.15) is 15.9 Å². The molecule has 0 radical (unpaired) electrons. The van der Waals surface area contributed by atoms with Crippen LogP contribution in [0, 0.1) is 12.7 Å². The number of para-hydroxylation sites is 1. The van der Waals surface area contributed by atoms with Crippen LogP contribution >= 0.6 is 0 Å². The van der Waals surface area contributed by atoms with Gasteiger partial charge in [-0.1, -0.05) is 18.2 Å². The standard InChI is InChI=1S/C19H17FN6O4/c1-12-6-7-13(8-15(12)20)22-18(28)10-30-19(29)14-4-2-3-5-16(14)23-17(27)9-26-11-21-24-25-26/h2-8,11H,9-10H2,1H3,(H,22,28)(H,23,27). The number of aryl methyl sites for hydroxylation is 1. The molecule has 0 spiro atoms. The molecule has 1 heterocycles. The van der Waals surface area contributed by atoms with Gasteiger partial charge in [0, 0.05) is 5.69 Å². The second kappa shape index (κ2) is 9.37. The minimum Gasteiger partial charge on any atom is -0.452 e. The summed E-state index contributed by atoms with van der Waals surface area (Å²) in [5.74, 6) is -2.36. The van der Waals surface area contributed by atoms with Crippen LogP contribution in [-0.2, 0) is 20.9 Å². The molecule has 0 fully saturated rings. The second-order valence-electron chi connectivity index (χ2n) is 6.19. The topological polar surface area (TPSA) is 128 Å². The Kier molecular flexibility index (Phi) is 6.42. The largest absolute Gasteiger partial charge is 0.452 e. The van der Waals surface area contributed by atoms with E-state index in [4.69, 9.17) is 4.74 Å². The van der Waals surface area contributed by atoms with Gasteiger partial charge in [-0.2, -0.15) is 0 Å². The molecule has 11 heteroatoms. The normalized spacial score (nSPS) is 10.3. The summed E-state index contributed by atoms with van der Waals surface area (Å²) in [6.07, 6.45) is 1.28. The molecule has 0 aliphatic carbocycles. The highest BCUT2D eigenvalue weighted by Crippen LogP contribution is 2.17. The molecule has 10 nitrogen and oxygen atoms in total. The lowest BCUT2D eigenvalue weighted by atomic mass is 10.2. The lowest BCUT2D eigenvalue weighted by Crippen LogP contribution is -2.23. The highest BCUT2D eigenvalue weighted by atomic mass is 19.1. The first-order valence-electron chi connectivity index (χ1n) is 8.75. The lowest BCUT2D eigenvalue weighted by Gasteiger charge is -2.11. The third kappa shape index (κ3) is 5.44. The van der Waals surface area contributed by atoms with Crippen molar-refractivity contribution in [2.24, 2.45) is 0 Å². The average Bonchev–Trinajstić information content (AvgIpc) is 3.22. The molecule has 0 saturated carbocycles. The summed E-state index contributed by atoms with van der Waals surface area (Å²) in [7, 11) is 0. The van der Waals surface area contributed by atoms with Gasteiger partial charge in [-0.3, -0.25) is 9.59 Å². The fourth-order valence-electron chi connectivity index (χ4n) is 2.44. The van der Waals surface area contributed by atoms with Crippen LogP contribution in [0.15, 0.2) is 48.8 Å². The van der Waals surface area contributed by atoms with E-state index in [0.717, 1.165) is 0 Å². The number of aromatic nitrogens is 4. The molecule has 2 amide bonds. The molecule has 0 saturated heterocycles. The zero-order valence-corrected chi connectivity index (χ0v) is 15.8. The van der Waals surface area contributed by atoms with Gasteiger partial charge >= 0.3 is 5.97 Å². The van der Waals surface area contributed by atoms with Crippen molar-refractivity contribution >= 4 is 29.2 Å². The first-order chi connectivity index (χ1) is 14.4. The van der Waals surface area contributed by atoms with E-state index in [1.54, 1.807) is 19.1 Å². The van der Waals surface area contributed by atoms with Crippen molar-refractivity contribution in [2.75, 3.05) is 17.2 Å². The maximum Gasteiger partial charge on any atom is 0.340 e. The minimum absolute atomic E-state index is 0.0664. The number of carbonyl (C=O) groups excluding carboxylic acids is 3. The van der Waals surface area contributed by atoms with E-state index in [-0.39, 0.29) is 23.5 Å². The van der Waals surface area contributed by atoms with Crippen molar-refractivity contribution in [1.82, 2.24) is 20.2 Å². The molecule has 0 aliphatic heterocycles. The summed E-state index contributed by atoms with van der Waals surface area (Å²) in [6, 6.07) is 10.4. The van der Waals surface area contributed by atoms with Crippen LogP contribution in [-0.4, -0.2) is 44.6 Å². The first kappa shape index (κ1) is 20.6. The molecule has 154 valence electrons. The first-order valence-corrected chi connectivity index (χ1v) is 8.75. The van der Waals surface area contributed by atoms with E-state index in [0.29, 0.717) is 5.56 Å². The summed E-state index contributed by atoms with van der Waals surface area (Å²) in [6.45, 7) is 0.870. The maximum atomic E-state index is 13.5. The molecule has 0 atom stereocenters. The number of rotatable bonds is 7. The quantitative estimate of drug-likeness (QED) is 0.564. The van der Waals surface area contributed by atoms with E-state index < -0.39 is 30.2 Å². The van der Waals surface area contributed by atoms with E-state index >= 15 is 0 Å². The van der Waals surface area contributed by atoms with Crippen LogP contribution in [0.2, 0.25) is 0 Å². The minimum atomic E-state index is -0.807. The Balaban J connectivity index is 1.57. The van der Waals surface area contributed by atoms with Crippen LogP contribution in [0.5, 0.6) is 0 Å². The third-order valence-electron chi connectivity index (χ3n) is 3.91. The van der Waals surface area contributed by atoms with E-state index in [2.05, 4.69) is 26.2 Å². The van der Waals surface area contributed by atoms with Gasteiger partial charge in [0.2, 0.25) is 5.91 Å². The third-order valence-corrected chi connectivity index (χ3v) is 3.91. The van der Waals surface area contributed by atoms with Gasteiger partial charge in [-0.15, -0.1) is 5.10 Å². The van der Waals surface area contributed by atoms with Crippen molar-refractivity contribution in [3.63, 3.8) is 0 Å². The molecule has 2 N–H and O–H groups in total. The molecule has 0 unspecified atom stereocenters. The Hall–Kier alpha value is -4.15. The number of anilines is 2. The van der Waals surface area contributed by atoms with Gasteiger partial charge in [0.1, 0.15) is 18.7 Å². The molecule has 1 aromatic heterocycles. The Morgan fingerprint density at radius 1 is 1.10 bits per heavy atom. The van der Waals surface area contributed by atoms with Crippen LogP contribution in [0.3, 0.4) is 0 Å². The van der Waals surface area contributed by atoms with Gasteiger partial charge in [-0.05, 0) is 47.2 Å². The number of amides is 2. The van der Waals surface area contributed by atoms with Crippen LogP contribution in [0.25, 0.3) is 0 Å². The van der Waals surface area contributed by atoms with Gasteiger partial charge in [0.25, 0.3) is 5.91 Å². The zero-order chi connectivity index (χ0) is 21.5. The number of nitrogens with zero attached hydrogens (tertiary/aromatic N) is 4. The average molecular weight is 412 g/mol. The van der Waals surface area contributed by atoms with E-state index in [1.165, 1.54) is 41.3 Å². The van der Waals surface area contributed by atoms with Crippen molar-refractivity contribution in [2.45, 2.75) is 13.5 Å². The number of nitrogens with one attached hydrogen (secondary N) is 2. The van der Waals surface area contributed by atoms with Crippen molar-refractivity contribution in [3.8, 4) is 0 Å². The number of benzene rings is 2. The molecular formula is C19H17FN6O4. The number of esters is 1. The summed E-state index contributed by atoms with van der Waals surface area (Å²) in [5.41, 5.74) is 0.964.